The quantitative estimate of drug-likeness (QED) is 0.649. The molecule has 8 nitrogen and oxygen atoms in total. The Bertz CT molecular complexity index is 1010. The first kappa shape index (κ1) is 21.2. The van der Waals surface area contributed by atoms with Crippen molar-refractivity contribution < 1.29 is 4.74 Å². The number of pyridine rings is 1. The smallest absolute Gasteiger partial charge is 0.221 e. The second-order valence-electron chi connectivity index (χ2n) is 9.58. The lowest BCUT2D eigenvalue weighted by Gasteiger charge is -2.49. The maximum atomic E-state index is 5.50. The summed E-state index contributed by atoms with van der Waals surface area (Å²) < 4.78 is 5.50. The molecule has 4 heterocycles. The number of rotatable bonds is 5. The van der Waals surface area contributed by atoms with Crippen molar-refractivity contribution in [2.45, 2.75) is 57.7 Å². The van der Waals surface area contributed by atoms with Gasteiger partial charge in [-0.3, -0.25) is 5.10 Å². The van der Waals surface area contributed by atoms with Crippen molar-refractivity contribution in [3.63, 3.8) is 0 Å². The maximum Gasteiger partial charge on any atom is 0.221 e. The van der Waals surface area contributed by atoms with Gasteiger partial charge in [-0.15, -0.1) is 10.2 Å². The summed E-state index contributed by atoms with van der Waals surface area (Å²) in [5.74, 6) is 1.39. The number of aromatic amines is 1. The predicted octanol–water partition coefficient (Wildman–Crippen LogP) is 3.68. The Morgan fingerprint density at radius 3 is 2.29 bits per heavy atom. The summed E-state index contributed by atoms with van der Waals surface area (Å²) in [6.07, 6.45) is 5.65. The molecule has 1 saturated heterocycles. The Hall–Kier alpha value is -3.00. The van der Waals surface area contributed by atoms with Crippen LogP contribution in [0.15, 0.2) is 36.7 Å². The molecule has 31 heavy (non-hydrogen) atoms. The van der Waals surface area contributed by atoms with Crippen LogP contribution in [0, 0.1) is 0 Å². The molecule has 3 aromatic heterocycles. The van der Waals surface area contributed by atoms with Crippen molar-refractivity contribution in [2.75, 3.05) is 19.1 Å². The number of anilines is 1. The number of nitrogens with zero attached hydrogens (tertiary/aromatic N) is 5. The molecule has 0 atom stereocenters. The third-order valence-electron chi connectivity index (χ3n) is 5.85. The molecule has 0 bridgehead atoms. The van der Waals surface area contributed by atoms with Gasteiger partial charge in [0.15, 0.2) is 5.82 Å². The lowest BCUT2D eigenvalue weighted by Crippen LogP contribution is -2.62. The summed E-state index contributed by atoms with van der Waals surface area (Å²) in [7, 11) is 3.72. The fourth-order valence-electron chi connectivity index (χ4n) is 4.74. The minimum Gasteiger partial charge on any atom is -0.481 e. The molecule has 0 aliphatic carbocycles. The van der Waals surface area contributed by atoms with Gasteiger partial charge in [0.2, 0.25) is 5.88 Å². The summed E-state index contributed by atoms with van der Waals surface area (Å²) in [6.45, 7) is 9.04. The van der Waals surface area contributed by atoms with Crippen molar-refractivity contribution in [3.05, 3.63) is 36.7 Å². The molecule has 3 aromatic rings. The van der Waals surface area contributed by atoms with Crippen LogP contribution >= 0.6 is 0 Å². The highest BCUT2D eigenvalue weighted by Gasteiger charge is 2.39. The first-order valence-corrected chi connectivity index (χ1v) is 10.6. The highest BCUT2D eigenvalue weighted by molar-refractivity contribution is 5.70. The average molecular weight is 422 g/mol. The summed E-state index contributed by atoms with van der Waals surface area (Å²) in [5, 5.41) is 19.5. The van der Waals surface area contributed by atoms with Crippen molar-refractivity contribution in [3.8, 4) is 28.4 Å². The third-order valence-corrected chi connectivity index (χ3v) is 5.85. The predicted molar refractivity (Wildman–Crippen MR) is 122 cm³/mol. The van der Waals surface area contributed by atoms with Crippen LogP contribution in [0.25, 0.3) is 22.5 Å². The van der Waals surface area contributed by atoms with E-state index < -0.39 is 0 Å². The Labute approximate surface area is 183 Å². The van der Waals surface area contributed by atoms with Gasteiger partial charge in [-0.05, 0) is 64.8 Å². The van der Waals surface area contributed by atoms with Crippen LogP contribution in [-0.4, -0.2) is 56.7 Å². The van der Waals surface area contributed by atoms with Crippen molar-refractivity contribution >= 4 is 5.82 Å². The number of hydrogen-bond donors (Lipinski definition) is 2. The largest absolute Gasteiger partial charge is 0.481 e. The molecule has 0 spiro atoms. The molecule has 4 rings (SSSR count). The first-order chi connectivity index (χ1) is 14.7. The van der Waals surface area contributed by atoms with Gasteiger partial charge in [-0.25, -0.2) is 4.98 Å². The lowest BCUT2D eigenvalue weighted by molar-refractivity contribution is 0.160. The van der Waals surface area contributed by atoms with Crippen molar-refractivity contribution in [1.29, 1.82) is 0 Å². The second kappa shape index (κ2) is 7.92. The number of methoxy groups -OCH3 is 1. The highest BCUT2D eigenvalue weighted by Crippen LogP contribution is 2.33. The molecule has 0 unspecified atom stereocenters. The molecular formula is C23H31N7O. The molecule has 2 N–H and O–H groups in total. The number of H-pyrrole nitrogens is 1. The van der Waals surface area contributed by atoms with E-state index in [-0.39, 0.29) is 11.1 Å². The Kier molecular flexibility index (Phi) is 5.43. The van der Waals surface area contributed by atoms with E-state index in [9.17, 15) is 0 Å². The number of hydrogen-bond acceptors (Lipinski definition) is 7. The van der Waals surface area contributed by atoms with Crippen LogP contribution in [0.3, 0.4) is 0 Å². The van der Waals surface area contributed by atoms with Crippen LogP contribution in [0.2, 0.25) is 0 Å². The number of piperidine rings is 1. The van der Waals surface area contributed by atoms with Gasteiger partial charge in [0.1, 0.15) is 5.69 Å². The number of aromatic nitrogens is 5. The molecule has 0 saturated carbocycles. The summed E-state index contributed by atoms with van der Waals surface area (Å²) >= 11 is 0. The van der Waals surface area contributed by atoms with E-state index in [1.165, 1.54) is 0 Å². The van der Waals surface area contributed by atoms with Gasteiger partial charge in [0.25, 0.3) is 0 Å². The molecule has 0 amide bonds. The fraction of sp³-hybridized carbons (Fsp3) is 0.478. The zero-order valence-electron chi connectivity index (χ0n) is 19.1. The summed E-state index contributed by atoms with van der Waals surface area (Å²) in [5.41, 5.74) is 3.37. The third kappa shape index (κ3) is 4.54. The van der Waals surface area contributed by atoms with Crippen LogP contribution in [0.4, 0.5) is 5.82 Å². The van der Waals surface area contributed by atoms with Gasteiger partial charge in [-0.1, -0.05) is 0 Å². The molecule has 164 valence electrons. The van der Waals surface area contributed by atoms with Crippen molar-refractivity contribution in [1.82, 2.24) is 30.7 Å². The Morgan fingerprint density at radius 1 is 1.00 bits per heavy atom. The number of nitrogens with one attached hydrogen (secondary N) is 2. The van der Waals surface area contributed by atoms with Gasteiger partial charge < -0.3 is 15.0 Å². The lowest BCUT2D eigenvalue weighted by atomic mass is 9.79. The zero-order chi connectivity index (χ0) is 22.2. The molecule has 1 aliphatic rings. The first-order valence-electron chi connectivity index (χ1n) is 10.6. The van der Waals surface area contributed by atoms with Gasteiger partial charge in [0, 0.05) is 41.5 Å². The van der Waals surface area contributed by atoms with Crippen molar-refractivity contribution in [2.24, 2.45) is 0 Å². The Balaban J connectivity index is 1.56. The molecule has 8 heteroatoms. The molecule has 0 radical (unpaired) electrons. The molecular weight excluding hydrogens is 390 g/mol. The minimum atomic E-state index is 0.0747. The normalized spacial score (nSPS) is 18.0. The van der Waals surface area contributed by atoms with E-state index in [1.807, 2.05) is 30.5 Å². The van der Waals surface area contributed by atoms with Crippen LogP contribution in [-0.2, 0) is 0 Å². The average Bonchev–Trinajstić information content (AvgIpc) is 3.25. The topological polar surface area (TPSA) is 91.8 Å². The fourth-order valence-corrected chi connectivity index (χ4v) is 4.74. The van der Waals surface area contributed by atoms with E-state index in [2.05, 4.69) is 70.3 Å². The zero-order valence-corrected chi connectivity index (χ0v) is 19.1. The van der Waals surface area contributed by atoms with E-state index >= 15 is 0 Å². The van der Waals surface area contributed by atoms with Gasteiger partial charge in [-0.2, -0.15) is 5.10 Å². The van der Waals surface area contributed by atoms with Gasteiger partial charge >= 0.3 is 0 Å². The summed E-state index contributed by atoms with van der Waals surface area (Å²) in [6, 6.07) is 8.26. The Morgan fingerprint density at radius 2 is 1.71 bits per heavy atom. The maximum absolute atomic E-state index is 5.50. The van der Waals surface area contributed by atoms with E-state index in [0.717, 1.165) is 35.5 Å². The van der Waals surface area contributed by atoms with E-state index in [1.54, 1.807) is 13.3 Å². The molecule has 0 aromatic carbocycles. The van der Waals surface area contributed by atoms with Crippen LogP contribution in [0.5, 0.6) is 5.88 Å². The standard InChI is InChI=1S/C23H31N7O/c1-22(2)11-16(12-23(3,4)29-22)30(5)20-10-9-19(27-28-20)18-8-7-17(21(26-18)31-6)15-13-24-25-14-15/h7-10,13-14,16,29H,11-12H2,1-6H3,(H,24,25). The van der Waals surface area contributed by atoms with Crippen LogP contribution in [0.1, 0.15) is 40.5 Å². The molecule has 1 aliphatic heterocycles. The SMILES string of the molecule is COc1nc(-c2ccc(N(C)C3CC(C)(C)NC(C)(C)C3)nn2)ccc1-c1cn[nH]c1. The van der Waals surface area contributed by atoms with E-state index in [0.29, 0.717) is 17.6 Å². The highest BCUT2D eigenvalue weighted by atomic mass is 16.5. The molecule has 1 fully saturated rings. The van der Waals surface area contributed by atoms with E-state index in [4.69, 9.17) is 4.74 Å². The monoisotopic (exact) mass is 421 g/mol. The number of ether oxygens (including phenoxy) is 1. The van der Waals surface area contributed by atoms with Crippen LogP contribution < -0.4 is 15.0 Å². The minimum absolute atomic E-state index is 0.0747. The van der Waals surface area contributed by atoms with Gasteiger partial charge in [0.05, 0.1) is 19.0 Å². The second-order valence-corrected chi connectivity index (χ2v) is 9.58. The summed E-state index contributed by atoms with van der Waals surface area (Å²) in [4.78, 5) is 6.88.